The number of amides is 2. The molecule has 10 heteroatoms. The molecule has 1 fully saturated rings. The number of nitrogens with one attached hydrogen (secondary N) is 1. The number of rotatable bonds is 9. The third-order valence-electron chi connectivity index (χ3n) is 5.98. The molecule has 1 saturated heterocycles. The summed E-state index contributed by atoms with van der Waals surface area (Å²) in [6, 6.07) is 16.0. The second kappa shape index (κ2) is 11.0. The van der Waals surface area contributed by atoms with Crippen molar-refractivity contribution in [1.29, 1.82) is 0 Å². The van der Waals surface area contributed by atoms with Gasteiger partial charge in [0.1, 0.15) is 18.1 Å². The Hall–Kier alpha value is -3.92. The van der Waals surface area contributed by atoms with E-state index < -0.39 is 28.3 Å². The van der Waals surface area contributed by atoms with E-state index in [1.165, 1.54) is 0 Å². The molecule has 0 spiro atoms. The predicted molar refractivity (Wildman–Crippen MR) is 140 cm³/mol. The minimum Gasteiger partial charge on any atom is -0.494 e. The first-order chi connectivity index (χ1) is 17.7. The van der Waals surface area contributed by atoms with Crippen LogP contribution in [-0.2, 0) is 19.6 Å². The molecule has 4 rings (SSSR count). The maximum absolute atomic E-state index is 13.5. The van der Waals surface area contributed by atoms with Gasteiger partial charge in [0.05, 0.1) is 17.2 Å². The second-order valence-corrected chi connectivity index (χ2v) is 10.5. The number of nitrogens with zero attached hydrogens (tertiary/aromatic N) is 2. The first-order valence-corrected chi connectivity index (χ1v) is 13.3. The fraction of sp³-hybridized carbons (Fsp3) is 0.259. The number of benzene rings is 3. The molecule has 1 aliphatic heterocycles. The average Bonchev–Trinajstić information content (AvgIpc) is 3.30. The molecule has 0 saturated carbocycles. The van der Waals surface area contributed by atoms with Gasteiger partial charge in [-0.25, -0.2) is 12.8 Å². The van der Waals surface area contributed by atoms with Crippen LogP contribution in [0.15, 0.2) is 71.6 Å². The maximum Gasteiger partial charge on any atom is 0.264 e. The molecule has 0 bridgehead atoms. The van der Waals surface area contributed by atoms with Crippen molar-refractivity contribution >= 4 is 38.9 Å². The van der Waals surface area contributed by atoms with Crippen LogP contribution < -0.4 is 19.3 Å². The maximum atomic E-state index is 13.5. The summed E-state index contributed by atoms with van der Waals surface area (Å²) < 4.78 is 46.9. The third kappa shape index (κ3) is 5.91. The van der Waals surface area contributed by atoms with Gasteiger partial charge in [-0.15, -0.1) is 0 Å². The van der Waals surface area contributed by atoms with Gasteiger partial charge in [-0.05, 0) is 86.5 Å². The van der Waals surface area contributed by atoms with Crippen molar-refractivity contribution in [1.82, 2.24) is 0 Å². The van der Waals surface area contributed by atoms with E-state index in [4.69, 9.17) is 4.74 Å². The van der Waals surface area contributed by atoms with Crippen LogP contribution in [0.5, 0.6) is 5.75 Å². The average molecular weight is 526 g/mol. The minimum atomic E-state index is -4.21. The van der Waals surface area contributed by atoms with E-state index in [9.17, 15) is 22.4 Å². The van der Waals surface area contributed by atoms with Crippen molar-refractivity contribution in [3.05, 3.63) is 78.1 Å². The summed E-state index contributed by atoms with van der Waals surface area (Å²) >= 11 is 0. The Bertz CT molecular complexity index is 1390. The molecule has 194 valence electrons. The molecule has 0 atom stereocenters. The van der Waals surface area contributed by atoms with E-state index >= 15 is 0 Å². The second-order valence-electron chi connectivity index (χ2n) is 8.59. The van der Waals surface area contributed by atoms with Crippen LogP contribution in [0.2, 0.25) is 0 Å². The number of hydrogen-bond donors (Lipinski definition) is 1. The van der Waals surface area contributed by atoms with Gasteiger partial charge in [0, 0.05) is 24.3 Å². The first kappa shape index (κ1) is 26.2. The third-order valence-corrected chi connectivity index (χ3v) is 7.77. The monoisotopic (exact) mass is 525 g/mol. The molecule has 2 amide bonds. The highest BCUT2D eigenvalue weighted by atomic mass is 32.2. The lowest BCUT2D eigenvalue weighted by atomic mass is 10.1. The quantitative estimate of drug-likeness (QED) is 0.444. The zero-order valence-corrected chi connectivity index (χ0v) is 21.4. The molecule has 3 aromatic carbocycles. The molecule has 0 aliphatic carbocycles. The van der Waals surface area contributed by atoms with Crippen LogP contribution in [0.1, 0.15) is 25.3 Å². The summed E-state index contributed by atoms with van der Waals surface area (Å²) in [5.74, 6) is -0.574. The normalized spacial score (nSPS) is 13.5. The van der Waals surface area contributed by atoms with Crippen molar-refractivity contribution in [2.75, 3.05) is 34.2 Å². The van der Waals surface area contributed by atoms with Gasteiger partial charge in [0.15, 0.2) is 0 Å². The number of ether oxygens (including phenoxy) is 1. The Labute approximate surface area is 215 Å². The fourth-order valence-electron chi connectivity index (χ4n) is 4.14. The number of hydrogen-bond acceptors (Lipinski definition) is 5. The van der Waals surface area contributed by atoms with Gasteiger partial charge >= 0.3 is 0 Å². The predicted octanol–water partition coefficient (Wildman–Crippen LogP) is 4.49. The molecule has 3 aromatic rings. The number of anilines is 3. The van der Waals surface area contributed by atoms with Crippen molar-refractivity contribution in [3.8, 4) is 5.75 Å². The highest BCUT2D eigenvalue weighted by Gasteiger charge is 2.28. The minimum absolute atomic E-state index is 0.0265. The van der Waals surface area contributed by atoms with Crippen LogP contribution in [0.25, 0.3) is 0 Å². The van der Waals surface area contributed by atoms with Crippen molar-refractivity contribution in [2.45, 2.75) is 31.6 Å². The Kier molecular flexibility index (Phi) is 7.77. The number of aryl methyl sites for hydroxylation is 1. The van der Waals surface area contributed by atoms with Gasteiger partial charge in [0.25, 0.3) is 10.0 Å². The van der Waals surface area contributed by atoms with Gasteiger partial charge in [-0.2, -0.15) is 0 Å². The Morgan fingerprint density at radius 2 is 1.78 bits per heavy atom. The fourth-order valence-corrected chi connectivity index (χ4v) is 5.56. The Morgan fingerprint density at radius 3 is 2.41 bits per heavy atom. The van der Waals surface area contributed by atoms with E-state index in [2.05, 4.69) is 5.32 Å². The smallest absolute Gasteiger partial charge is 0.264 e. The summed E-state index contributed by atoms with van der Waals surface area (Å²) in [6.45, 7) is 4.24. The number of carbonyl (C=O) groups is 2. The van der Waals surface area contributed by atoms with Crippen LogP contribution in [0.4, 0.5) is 21.5 Å². The van der Waals surface area contributed by atoms with E-state index in [0.717, 1.165) is 40.6 Å². The number of carbonyl (C=O) groups excluding carboxylic acids is 2. The Morgan fingerprint density at radius 1 is 1.08 bits per heavy atom. The molecular weight excluding hydrogens is 497 g/mol. The number of halogens is 1. The van der Waals surface area contributed by atoms with Crippen LogP contribution >= 0.6 is 0 Å². The molecule has 0 aromatic heterocycles. The largest absolute Gasteiger partial charge is 0.494 e. The highest BCUT2D eigenvalue weighted by Crippen LogP contribution is 2.29. The SMILES string of the molecule is CCOc1ccc(N(CC(=O)Nc2ccc(C)c(N3CCCC3=O)c2)S(=O)(=O)c2ccc(F)cc2)cc1. The number of sulfonamides is 1. The molecule has 0 radical (unpaired) electrons. The zero-order valence-electron chi connectivity index (χ0n) is 20.6. The summed E-state index contributed by atoms with van der Waals surface area (Å²) in [4.78, 5) is 26.9. The summed E-state index contributed by atoms with van der Waals surface area (Å²) in [6.07, 6.45) is 1.25. The molecule has 0 unspecified atom stereocenters. The first-order valence-electron chi connectivity index (χ1n) is 11.9. The molecule has 1 aliphatic rings. The van der Waals surface area contributed by atoms with E-state index in [1.807, 2.05) is 13.8 Å². The van der Waals surface area contributed by atoms with Gasteiger partial charge < -0.3 is 15.0 Å². The highest BCUT2D eigenvalue weighted by molar-refractivity contribution is 7.92. The summed E-state index contributed by atoms with van der Waals surface area (Å²) in [5, 5.41) is 2.74. The molecule has 37 heavy (non-hydrogen) atoms. The van der Waals surface area contributed by atoms with E-state index in [0.29, 0.717) is 36.7 Å². The molecule has 1 N–H and O–H groups in total. The lowest BCUT2D eigenvalue weighted by Gasteiger charge is -2.25. The van der Waals surface area contributed by atoms with Crippen LogP contribution in [0.3, 0.4) is 0 Å². The molecule has 1 heterocycles. The van der Waals surface area contributed by atoms with Crippen molar-refractivity contribution in [3.63, 3.8) is 0 Å². The van der Waals surface area contributed by atoms with E-state index in [1.54, 1.807) is 47.4 Å². The zero-order chi connectivity index (χ0) is 26.6. The standard InChI is InChI=1S/C27H28FN3O5S/c1-3-36-23-12-10-22(11-13-23)31(37(34,35)24-14-7-20(28)8-15-24)18-26(32)29-21-9-6-19(2)25(17-21)30-16-4-5-27(30)33/h6-15,17H,3-5,16,18H2,1-2H3,(H,29,32). The van der Waals surface area contributed by atoms with Gasteiger partial charge in [-0.3, -0.25) is 13.9 Å². The van der Waals surface area contributed by atoms with Gasteiger partial charge in [-0.1, -0.05) is 6.07 Å². The molecule has 8 nitrogen and oxygen atoms in total. The Balaban J connectivity index is 1.61. The lowest BCUT2D eigenvalue weighted by Crippen LogP contribution is -2.38. The molecular formula is C27H28FN3O5S. The van der Waals surface area contributed by atoms with Crippen molar-refractivity contribution in [2.24, 2.45) is 0 Å². The van der Waals surface area contributed by atoms with Gasteiger partial charge in [0.2, 0.25) is 11.8 Å². The summed E-state index contributed by atoms with van der Waals surface area (Å²) in [7, 11) is -4.21. The van der Waals surface area contributed by atoms with E-state index in [-0.39, 0.29) is 16.5 Å². The van der Waals surface area contributed by atoms with Crippen LogP contribution in [0, 0.1) is 12.7 Å². The lowest BCUT2D eigenvalue weighted by molar-refractivity contribution is -0.117. The topological polar surface area (TPSA) is 96.0 Å². The van der Waals surface area contributed by atoms with Crippen molar-refractivity contribution < 1.29 is 27.1 Å². The summed E-state index contributed by atoms with van der Waals surface area (Å²) in [5.41, 5.74) is 2.29. The van der Waals surface area contributed by atoms with Crippen LogP contribution in [-0.4, -0.2) is 39.9 Å².